The minimum absolute atomic E-state index is 0.278. The summed E-state index contributed by atoms with van der Waals surface area (Å²) in [6.45, 7) is 3.90. The highest BCUT2D eigenvalue weighted by atomic mass is 79.9. The molecule has 0 fully saturated rings. The van der Waals surface area contributed by atoms with Crippen molar-refractivity contribution in [1.82, 2.24) is 10.4 Å². The number of halogens is 2. The molecule has 6 heteroatoms. The number of para-hydroxylation sites is 1. The molecule has 0 saturated heterocycles. The molecule has 0 aliphatic carbocycles. The van der Waals surface area contributed by atoms with E-state index in [-0.39, 0.29) is 5.91 Å². The number of hydrazone groups is 1. The number of nitrogens with one attached hydrogen (secondary N) is 1. The maximum atomic E-state index is 13.1. The Hall–Kier alpha value is -2.83. The van der Waals surface area contributed by atoms with Crippen molar-refractivity contribution in [3.63, 3.8) is 0 Å². The van der Waals surface area contributed by atoms with Crippen molar-refractivity contribution in [2.75, 3.05) is 0 Å². The smallest absolute Gasteiger partial charge is 0.267 e. The number of benzene rings is 3. The predicted molar refractivity (Wildman–Crippen MR) is 133 cm³/mol. The van der Waals surface area contributed by atoms with Crippen LogP contribution in [0.25, 0.3) is 22.2 Å². The molecule has 0 aliphatic heterocycles. The number of carbonyl (C=O) groups excluding carboxylic acids is 1. The summed E-state index contributed by atoms with van der Waals surface area (Å²) in [6.07, 6.45) is 0. The van der Waals surface area contributed by atoms with Gasteiger partial charge in [-0.2, -0.15) is 5.10 Å². The molecule has 0 unspecified atom stereocenters. The van der Waals surface area contributed by atoms with Crippen LogP contribution >= 0.6 is 31.9 Å². The second kappa shape index (κ2) is 9.12. The lowest BCUT2D eigenvalue weighted by atomic mass is 10.0. The molecule has 4 aromatic rings. The number of amides is 1. The first-order valence-corrected chi connectivity index (χ1v) is 11.3. The van der Waals surface area contributed by atoms with E-state index in [2.05, 4.69) is 42.4 Å². The number of hydrogen-bond donors (Lipinski definition) is 1. The van der Waals surface area contributed by atoms with Gasteiger partial charge >= 0.3 is 0 Å². The quantitative estimate of drug-likeness (QED) is 0.228. The summed E-state index contributed by atoms with van der Waals surface area (Å²) in [6, 6.07) is 23.4. The number of aryl methyl sites for hydroxylation is 1. The fourth-order valence-electron chi connectivity index (χ4n) is 3.27. The van der Waals surface area contributed by atoms with Crippen molar-refractivity contribution in [3.05, 3.63) is 98.4 Å². The largest absolute Gasteiger partial charge is 0.272 e. The first-order chi connectivity index (χ1) is 14.9. The lowest BCUT2D eigenvalue weighted by Crippen LogP contribution is -2.20. The van der Waals surface area contributed by atoms with Gasteiger partial charge in [0.15, 0.2) is 0 Å². The van der Waals surface area contributed by atoms with Crippen LogP contribution in [-0.4, -0.2) is 16.6 Å². The Morgan fingerprint density at radius 1 is 0.935 bits per heavy atom. The van der Waals surface area contributed by atoms with Crippen molar-refractivity contribution in [1.29, 1.82) is 0 Å². The minimum atomic E-state index is -0.278. The van der Waals surface area contributed by atoms with Crippen LogP contribution in [0.3, 0.4) is 0 Å². The number of hydrogen-bond acceptors (Lipinski definition) is 3. The van der Waals surface area contributed by atoms with E-state index in [1.54, 1.807) is 0 Å². The first kappa shape index (κ1) is 21.4. The molecule has 1 amide bonds. The second-order valence-electron chi connectivity index (χ2n) is 7.20. The summed E-state index contributed by atoms with van der Waals surface area (Å²) in [5, 5.41) is 5.12. The number of rotatable bonds is 4. The highest BCUT2D eigenvalue weighted by molar-refractivity contribution is 9.11. The van der Waals surface area contributed by atoms with Crippen LogP contribution in [0.5, 0.6) is 0 Å². The molecule has 0 aliphatic rings. The average Bonchev–Trinajstić information content (AvgIpc) is 2.77. The zero-order valence-corrected chi connectivity index (χ0v) is 20.2. The number of fused-ring (bicyclic) bond motifs is 1. The van der Waals surface area contributed by atoms with Crippen molar-refractivity contribution in [2.24, 2.45) is 5.10 Å². The van der Waals surface area contributed by atoms with Gasteiger partial charge in [-0.3, -0.25) is 4.79 Å². The highest BCUT2D eigenvalue weighted by Gasteiger charge is 2.14. The van der Waals surface area contributed by atoms with Crippen LogP contribution < -0.4 is 5.43 Å². The molecular weight excluding hydrogens is 518 g/mol. The van der Waals surface area contributed by atoms with Crippen LogP contribution in [0.15, 0.2) is 86.8 Å². The summed E-state index contributed by atoms with van der Waals surface area (Å²) in [5.41, 5.74) is 8.50. The van der Waals surface area contributed by atoms with Gasteiger partial charge in [0.2, 0.25) is 0 Å². The molecule has 4 nitrogen and oxygen atoms in total. The third-order valence-corrected chi connectivity index (χ3v) is 6.10. The standard InChI is InChI=1S/C25H19Br2N3O/c1-15-7-9-17(10-8-15)24-14-21(20-5-3-4-6-23(20)28-24)25(31)30-29-16(2)19-12-11-18(26)13-22(19)27/h3-14H,1-2H3,(H,30,31)/b29-16+. The van der Waals surface area contributed by atoms with E-state index >= 15 is 0 Å². The Bertz CT molecular complexity index is 1310. The van der Waals surface area contributed by atoms with Crippen LogP contribution in [0.2, 0.25) is 0 Å². The molecule has 31 heavy (non-hydrogen) atoms. The first-order valence-electron chi connectivity index (χ1n) is 9.69. The molecule has 4 rings (SSSR count). The van der Waals surface area contributed by atoms with Crippen LogP contribution in [0.4, 0.5) is 0 Å². The fourth-order valence-corrected chi connectivity index (χ4v) is 4.61. The molecule has 0 spiro atoms. The van der Waals surface area contributed by atoms with Gasteiger partial charge < -0.3 is 0 Å². The summed E-state index contributed by atoms with van der Waals surface area (Å²) in [5.74, 6) is -0.278. The summed E-state index contributed by atoms with van der Waals surface area (Å²) >= 11 is 6.99. The minimum Gasteiger partial charge on any atom is -0.267 e. The molecule has 1 N–H and O–H groups in total. The molecular formula is C25H19Br2N3O. The topological polar surface area (TPSA) is 54.4 Å². The number of nitrogens with zero attached hydrogens (tertiary/aromatic N) is 2. The van der Waals surface area contributed by atoms with Crippen molar-refractivity contribution in [3.8, 4) is 11.3 Å². The SMILES string of the molecule is C/C(=N\NC(=O)c1cc(-c2ccc(C)cc2)nc2ccccc12)c1ccc(Br)cc1Br. The zero-order valence-electron chi connectivity index (χ0n) is 17.0. The molecule has 0 radical (unpaired) electrons. The molecule has 1 heterocycles. The Kier molecular flexibility index (Phi) is 6.30. The monoisotopic (exact) mass is 535 g/mol. The van der Waals surface area contributed by atoms with E-state index in [4.69, 9.17) is 4.98 Å². The van der Waals surface area contributed by atoms with E-state index in [0.717, 1.165) is 36.7 Å². The highest BCUT2D eigenvalue weighted by Crippen LogP contribution is 2.26. The molecule has 1 aromatic heterocycles. The van der Waals surface area contributed by atoms with Gasteiger partial charge in [0.25, 0.3) is 5.91 Å². The Morgan fingerprint density at radius 3 is 2.42 bits per heavy atom. The van der Waals surface area contributed by atoms with E-state index in [1.165, 1.54) is 5.56 Å². The average molecular weight is 537 g/mol. The lowest BCUT2D eigenvalue weighted by molar-refractivity contribution is 0.0956. The van der Waals surface area contributed by atoms with Crippen molar-refractivity contribution < 1.29 is 4.79 Å². The fraction of sp³-hybridized carbons (Fsp3) is 0.0800. The van der Waals surface area contributed by atoms with Crippen LogP contribution in [0, 0.1) is 6.92 Å². The van der Waals surface area contributed by atoms with E-state index < -0.39 is 0 Å². The third-order valence-electron chi connectivity index (χ3n) is 4.95. The Balaban J connectivity index is 1.70. The number of pyridine rings is 1. The second-order valence-corrected chi connectivity index (χ2v) is 8.97. The molecule has 0 saturated carbocycles. The van der Waals surface area contributed by atoms with Crippen LogP contribution in [-0.2, 0) is 0 Å². The Morgan fingerprint density at radius 2 is 1.68 bits per heavy atom. The van der Waals surface area contributed by atoms with E-state index in [1.807, 2.05) is 86.6 Å². The molecule has 0 bridgehead atoms. The molecule has 154 valence electrons. The van der Waals surface area contributed by atoms with Gasteiger partial charge in [-0.05, 0) is 38.1 Å². The van der Waals surface area contributed by atoms with Gasteiger partial charge in [0, 0.05) is 25.5 Å². The maximum Gasteiger partial charge on any atom is 0.272 e. The van der Waals surface area contributed by atoms with Crippen molar-refractivity contribution in [2.45, 2.75) is 13.8 Å². The molecule has 3 aromatic carbocycles. The van der Waals surface area contributed by atoms with Gasteiger partial charge in [0.1, 0.15) is 0 Å². The summed E-state index contributed by atoms with van der Waals surface area (Å²) < 4.78 is 1.86. The van der Waals surface area contributed by atoms with Gasteiger partial charge in [-0.25, -0.2) is 10.4 Å². The molecule has 0 atom stereocenters. The normalized spacial score (nSPS) is 11.5. The van der Waals surface area contributed by atoms with E-state index in [0.29, 0.717) is 11.3 Å². The predicted octanol–water partition coefficient (Wildman–Crippen LogP) is 6.89. The Labute approximate surface area is 197 Å². The number of aromatic nitrogens is 1. The number of carbonyl (C=O) groups is 1. The van der Waals surface area contributed by atoms with Gasteiger partial charge in [-0.1, -0.05) is 86.0 Å². The summed E-state index contributed by atoms with van der Waals surface area (Å²) in [4.78, 5) is 17.9. The van der Waals surface area contributed by atoms with Gasteiger partial charge in [-0.15, -0.1) is 0 Å². The maximum absolute atomic E-state index is 13.1. The lowest BCUT2D eigenvalue weighted by Gasteiger charge is -2.10. The van der Waals surface area contributed by atoms with Crippen LogP contribution in [0.1, 0.15) is 28.4 Å². The van der Waals surface area contributed by atoms with E-state index in [9.17, 15) is 4.79 Å². The zero-order chi connectivity index (χ0) is 22.0. The summed E-state index contributed by atoms with van der Waals surface area (Å²) in [7, 11) is 0. The third kappa shape index (κ3) is 4.75. The van der Waals surface area contributed by atoms with Gasteiger partial charge in [0.05, 0.1) is 22.5 Å². The van der Waals surface area contributed by atoms with Crippen molar-refractivity contribution >= 4 is 54.4 Å².